The highest BCUT2D eigenvalue weighted by molar-refractivity contribution is 7.26. The predicted octanol–water partition coefficient (Wildman–Crippen LogP) is 22.2. The summed E-state index contributed by atoms with van der Waals surface area (Å²) in [5.74, 6) is 0. The van der Waals surface area contributed by atoms with Crippen LogP contribution in [-0.4, -0.2) is 0 Å². The zero-order chi connectivity index (χ0) is 54.1. The summed E-state index contributed by atoms with van der Waals surface area (Å²) in [4.78, 5) is 4.96. The fraction of sp³-hybridized carbons (Fsp3) is 0.0127. The first-order valence-electron chi connectivity index (χ1n) is 28.2. The van der Waals surface area contributed by atoms with E-state index in [1.54, 1.807) is 0 Å². The maximum atomic E-state index is 2.49. The van der Waals surface area contributed by atoms with Crippen LogP contribution in [0.3, 0.4) is 0 Å². The molecule has 0 unspecified atom stereocenters. The normalized spacial score (nSPS) is 12.5. The largest absolute Gasteiger partial charge is 0.310 e. The van der Waals surface area contributed by atoms with Gasteiger partial charge >= 0.3 is 0 Å². The molecule has 15 aromatic rings. The molecule has 1 aromatic heterocycles. The Bertz CT molecular complexity index is 4880. The first kappa shape index (κ1) is 47.7. The molecule has 0 amide bonds. The second-order valence-electron chi connectivity index (χ2n) is 21.6. The summed E-state index contributed by atoms with van der Waals surface area (Å²) in [5.41, 5.74) is 18.5. The third kappa shape index (κ3) is 7.77. The maximum Gasteiger partial charge on any atom is 0.0713 e. The zero-order valence-corrected chi connectivity index (χ0v) is 45.6. The van der Waals surface area contributed by atoms with Gasteiger partial charge in [0.15, 0.2) is 0 Å². The van der Waals surface area contributed by atoms with Crippen molar-refractivity contribution in [2.45, 2.75) is 5.41 Å². The van der Waals surface area contributed by atoms with Crippen molar-refractivity contribution in [2.24, 2.45) is 0 Å². The van der Waals surface area contributed by atoms with Crippen LogP contribution in [0.5, 0.6) is 0 Å². The molecule has 0 radical (unpaired) electrons. The highest BCUT2D eigenvalue weighted by Crippen LogP contribution is 2.57. The van der Waals surface area contributed by atoms with E-state index in [9.17, 15) is 0 Å². The van der Waals surface area contributed by atoms with Crippen molar-refractivity contribution in [3.05, 3.63) is 338 Å². The molecule has 1 aliphatic carbocycles. The molecule has 0 bridgehead atoms. The average molecular weight is 1060 g/mol. The lowest BCUT2D eigenvalue weighted by Gasteiger charge is -2.33. The molecule has 2 nitrogen and oxygen atoms in total. The molecule has 14 aromatic carbocycles. The first-order valence-corrected chi connectivity index (χ1v) is 29.0. The lowest BCUT2D eigenvalue weighted by molar-refractivity contribution is 0.768. The Labute approximate surface area is 481 Å². The van der Waals surface area contributed by atoms with Crippen molar-refractivity contribution in [1.82, 2.24) is 0 Å². The van der Waals surface area contributed by atoms with Crippen molar-refractivity contribution in [3.8, 4) is 33.4 Å². The van der Waals surface area contributed by atoms with Gasteiger partial charge in [0, 0.05) is 43.6 Å². The van der Waals surface area contributed by atoms with Gasteiger partial charge in [0.1, 0.15) is 0 Å². The fourth-order valence-corrected chi connectivity index (χ4v) is 14.4. The Morgan fingerprint density at radius 2 is 0.780 bits per heavy atom. The minimum atomic E-state index is -0.463. The second-order valence-corrected chi connectivity index (χ2v) is 22.6. The number of fused-ring (bicyclic) bond motifs is 9. The summed E-state index contributed by atoms with van der Waals surface area (Å²) in [6.07, 6.45) is 0. The van der Waals surface area contributed by atoms with Crippen LogP contribution in [0.1, 0.15) is 22.3 Å². The minimum absolute atomic E-state index is 0.463. The Morgan fingerprint density at radius 1 is 0.256 bits per heavy atom. The molecular weight excluding hydrogens is 1010 g/mol. The monoisotopic (exact) mass is 1060 g/mol. The standard InChI is InChI=1S/C79H52N2S/c1-4-25-62(26-5-1)79(63-27-6-2-7-28-63)73-33-17-16-32-69(73)70-49-60(40-45-74(70)79)61-41-46-77-71(50-61)72-51-67(81(66-44-39-54-20-11-13-23-58(54)48-66)75-34-18-24-56-21-14-15-31-68(56)75)52-76(78(72)82-77)80(64-29-8-3-9-30-64)65-42-37-55(38-43-65)59-36-35-53-19-10-12-22-57(53)47-59/h1-52H. The molecule has 0 fully saturated rings. The Kier molecular flexibility index (Phi) is 11.3. The summed E-state index contributed by atoms with van der Waals surface area (Å²) in [6.45, 7) is 0. The van der Waals surface area contributed by atoms with Crippen molar-refractivity contribution >= 4 is 98.0 Å². The molecule has 0 atom stereocenters. The highest BCUT2D eigenvalue weighted by atomic mass is 32.1. The van der Waals surface area contributed by atoms with Gasteiger partial charge in [-0.05, 0) is 161 Å². The van der Waals surface area contributed by atoms with E-state index in [4.69, 9.17) is 0 Å². The summed E-state index contributed by atoms with van der Waals surface area (Å²) in [7, 11) is 0. The molecule has 16 rings (SSSR count). The van der Waals surface area contributed by atoms with Gasteiger partial charge in [-0.25, -0.2) is 0 Å². The maximum absolute atomic E-state index is 2.49. The molecule has 0 aliphatic heterocycles. The lowest BCUT2D eigenvalue weighted by atomic mass is 9.67. The molecule has 1 heterocycles. The van der Waals surface area contributed by atoms with Crippen molar-refractivity contribution in [2.75, 3.05) is 9.80 Å². The van der Waals surface area contributed by atoms with Crippen LogP contribution in [0.4, 0.5) is 34.1 Å². The minimum Gasteiger partial charge on any atom is -0.310 e. The number of anilines is 6. The molecule has 1 aliphatic rings. The quantitative estimate of drug-likeness (QED) is 0.135. The molecule has 0 spiro atoms. The van der Waals surface area contributed by atoms with Crippen LogP contribution in [-0.2, 0) is 5.41 Å². The van der Waals surface area contributed by atoms with Gasteiger partial charge in [0.05, 0.1) is 21.5 Å². The van der Waals surface area contributed by atoms with Crippen molar-refractivity contribution in [1.29, 1.82) is 0 Å². The molecule has 3 heteroatoms. The van der Waals surface area contributed by atoms with Gasteiger partial charge in [0.25, 0.3) is 0 Å². The molecule has 0 saturated carbocycles. The van der Waals surface area contributed by atoms with E-state index in [0.717, 1.165) is 34.1 Å². The average Bonchev–Trinajstić information content (AvgIpc) is 3.63. The Hall–Kier alpha value is -10.3. The first-order chi connectivity index (χ1) is 40.6. The van der Waals surface area contributed by atoms with Crippen LogP contribution in [0.25, 0.3) is 85.9 Å². The molecular formula is C79H52N2S. The summed E-state index contributed by atoms with van der Waals surface area (Å²) < 4.78 is 2.45. The van der Waals surface area contributed by atoms with Gasteiger partial charge in [-0.2, -0.15) is 0 Å². The van der Waals surface area contributed by atoms with Gasteiger partial charge < -0.3 is 9.80 Å². The Morgan fingerprint density at radius 3 is 1.54 bits per heavy atom. The topological polar surface area (TPSA) is 6.48 Å². The fourth-order valence-electron chi connectivity index (χ4n) is 13.3. The van der Waals surface area contributed by atoms with E-state index in [0.29, 0.717) is 0 Å². The van der Waals surface area contributed by atoms with E-state index in [2.05, 4.69) is 325 Å². The molecule has 0 N–H and O–H groups in total. The van der Waals surface area contributed by atoms with Crippen LogP contribution in [0.15, 0.2) is 315 Å². The smallest absolute Gasteiger partial charge is 0.0713 e. The van der Waals surface area contributed by atoms with E-state index in [-0.39, 0.29) is 0 Å². The number of rotatable bonds is 10. The molecule has 384 valence electrons. The number of hydrogen-bond acceptors (Lipinski definition) is 3. The second kappa shape index (κ2) is 19.5. The number of benzene rings is 14. The van der Waals surface area contributed by atoms with Crippen LogP contribution in [0.2, 0.25) is 0 Å². The van der Waals surface area contributed by atoms with E-state index >= 15 is 0 Å². The van der Waals surface area contributed by atoms with Crippen LogP contribution in [0, 0.1) is 0 Å². The summed E-state index contributed by atoms with van der Waals surface area (Å²) in [6, 6.07) is 117. The van der Waals surface area contributed by atoms with E-state index in [1.807, 2.05) is 11.3 Å². The van der Waals surface area contributed by atoms with E-state index in [1.165, 1.54) is 108 Å². The van der Waals surface area contributed by atoms with Gasteiger partial charge in [-0.15, -0.1) is 11.3 Å². The predicted molar refractivity (Wildman–Crippen MR) is 349 cm³/mol. The van der Waals surface area contributed by atoms with E-state index < -0.39 is 5.41 Å². The van der Waals surface area contributed by atoms with Gasteiger partial charge in [-0.3, -0.25) is 0 Å². The molecule has 0 saturated heterocycles. The third-order valence-corrected chi connectivity index (χ3v) is 18.3. The van der Waals surface area contributed by atoms with Gasteiger partial charge in [-0.1, -0.05) is 237 Å². The Balaban J connectivity index is 0.929. The van der Waals surface area contributed by atoms with Gasteiger partial charge in [0.2, 0.25) is 0 Å². The summed E-state index contributed by atoms with van der Waals surface area (Å²) >= 11 is 1.87. The van der Waals surface area contributed by atoms with Crippen molar-refractivity contribution in [3.63, 3.8) is 0 Å². The summed E-state index contributed by atoms with van der Waals surface area (Å²) in [5, 5.41) is 9.67. The number of hydrogen-bond donors (Lipinski definition) is 0. The zero-order valence-electron chi connectivity index (χ0n) is 44.8. The molecule has 82 heavy (non-hydrogen) atoms. The highest BCUT2D eigenvalue weighted by Gasteiger charge is 2.46. The third-order valence-electron chi connectivity index (χ3n) is 17.0. The van der Waals surface area contributed by atoms with Crippen LogP contribution >= 0.6 is 11.3 Å². The number of nitrogens with zero attached hydrogens (tertiary/aromatic N) is 2. The lowest BCUT2D eigenvalue weighted by Crippen LogP contribution is -2.28. The van der Waals surface area contributed by atoms with Crippen molar-refractivity contribution < 1.29 is 0 Å². The van der Waals surface area contributed by atoms with Crippen LogP contribution < -0.4 is 9.80 Å². The number of para-hydroxylation sites is 1. The number of thiophene rings is 1. The SMILES string of the molecule is c1ccc(N(c2ccc(-c3ccc4ccccc4c3)cc2)c2cc(N(c3ccc4ccccc4c3)c3cccc4ccccc34)cc3c2sc2ccc(-c4ccc5c(c4)-c4ccccc4C5(c4ccccc4)c4ccccc4)cc23)cc1.